The summed E-state index contributed by atoms with van der Waals surface area (Å²) in [5.74, 6) is 1.32. The first-order valence-corrected chi connectivity index (χ1v) is 12.5. The molecule has 2 aliphatic heterocycles. The summed E-state index contributed by atoms with van der Waals surface area (Å²) in [5, 5.41) is 12.7. The molecule has 4 heteroatoms. The minimum Gasteiger partial charge on any atom is -0.489 e. The van der Waals surface area contributed by atoms with Crippen LogP contribution in [-0.4, -0.2) is 39.4 Å². The van der Waals surface area contributed by atoms with E-state index in [4.69, 9.17) is 4.74 Å². The fourth-order valence-corrected chi connectivity index (χ4v) is 7.89. The second kappa shape index (κ2) is 6.74. The number of nitrogens with one attached hydrogen (secondary N) is 1. The molecule has 5 aliphatic rings. The topological polar surface area (TPSA) is 48.5 Å². The molecular formula is C27H38N2O2. The number of aliphatic hydroxyl groups is 1. The molecule has 0 radical (unpaired) electrons. The lowest BCUT2D eigenvalue weighted by atomic mass is 9.50. The molecule has 5 fully saturated rings. The molecule has 0 spiro atoms. The highest BCUT2D eigenvalue weighted by molar-refractivity contribution is 5.91. The molecule has 168 valence electrons. The van der Waals surface area contributed by atoms with Gasteiger partial charge in [-0.15, -0.1) is 0 Å². The fraction of sp³-hybridized carbons (Fsp3) is 0.704. The van der Waals surface area contributed by atoms with Crippen LogP contribution in [0.3, 0.4) is 0 Å². The van der Waals surface area contributed by atoms with Crippen molar-refractivity contribution in [3.63, 3.8) is 0 Å². The van der Waals surface area contributed by atoms with Gasteiger partial charge in [-0.3, -0.25) is 4.90 Å². The summed E-state index contributed by atoms with van der Waals surface area (Å²) in [5.41, 5.74) is 4.63. The van der Waals surface area contributed by atoms with E-state index >= 15 is 0 Å². The number of rotatable bonds is 6. The number of aliphatic hydroxyl groups excluding tert-OH is 1. The Bertz CT molecular complexity index is 970. The zero-order chi connectivity index (χ0) is 21.5. The number of aryl methyl sites for hydroxylation is 1. The number of H-pyrrole nitrogens is 1. The minimum absolute atomic E-state index is 0.274. The van der Waals surface area contributed by atoms with Crippen molar-refractivity contribution < 1.29 is 9.84 Å². The van der Waals surface area contributed by atoms with Crippen LogP contribution >= 0.6 is 0 Å². The predicted octanol–water partition coefficient (Wildman–Crippen LogP) is 5.87. The van der Waals surface area contributed by atoms with Gasteiger partial charge in [-0.25, -0.2) is 0 Å². The van der Waals surface area contributed by atoms with Gasteiger partial charge in [0.2, 0.25) is 0 Å². The smallest absolute Gasteiger partial charge is 0.132 e. The average molecular weight is 423 g/mol. The molecule has 1 aromatic heterocycles. The lowest BCUT2D eigenvalue weighted by Gasteiger charge is -2.65. The molecule has 3 saturated carbocycles. The number of nitrogens with zero attached hydrogens (tertiary/aromatic N) is 1. The Labute approximate surface area is 186 Å². The van der Waals surface area contributed by atoms with Crippen molar-refractivity contribution in [1.29, 1.82) is 0 Å². The van der Waals surface area contributed by atoms with Crippen molar-refractivity contribution in [2.45, 2.75) is 109 Å². The van der Waals surface area contributed by atoms with Gasteiger partial charge >= 0.3 is 0 Å². The normalized spacial score (nSPS) is 36.8. The highest BCUT2D eigenvalue weighted by Crippen LogP contribution is 2.61. The molecule has 2 saturated heterocycles. The number of ether oxygens (including phenoxy) is 1. The number of aromatic amines is 1. The van der Waals surface area contributed by atoms with E-state index in [1.54, 1.807) is 0 Å². The van der Waals surface area contributed by atoms with Gasteiger partial charge < -0.3 is 14.8 Å². The molecule has 1 aromatic carbocycles. The van der Waals surface area contributed by atoms with E-state index < -0.39 is 0 Å². The molecule has 7 rings (SSSR count). The van der Waals surface area contributed by atoms with Crippen LogP contribution in [0.5, 0.6) is 5.75 Å². The van der Waals surface area contributed by atoms with E-state index in [1.807, 2.05) is 0 Å². The molecule has 4 bridgehead atoms. The Balaban J connectivity index is 1.25. The Kier molecular flexibility index (Phi) is 4.37. The number of benzene rings is 1. The molecule has 2 aromatic rings. The number of fused-ring (bicyclic) bond motifs is 1. The first-order valence-electron chi connectivity index (χ1n) is 12.5. The molecule has 3 heterocycles. The van der Waals surface area contributed by atoms with E-state index in [0.29, 0.717) is 29.0 Å². The standard InChI is InChI=1S/C27H38N2O2/c1-16-5-8-22-24(25(16)31-20-6-7-20)21(14-28-22)17(2)9-23(30)29-18-10-26(3)11-19(29)13-27(4,12-18)15-26/h5,8,14,17-20,23,28,30H,6-7,9-13,15H2,1-4H3. The van der Waals surface area contributed by atoms with Gasteiger partial charge in [0.25, 0.3) is 0 Å². The van der Waals surface area contributed by atoms with Crippen LogP contribution in [0.25, 0.3) is 10.9 Å². The molecule has 4 nitrogen and oxygen atoms in total. The van der Waals surface area contributed by atoms with Crippen LogP contribution in [-0.2, 0) is 0 Å². The first-order chi connectivity index (χ1) is 14.7. The maximum atomic E-state index is 11.5. The maximum Gasteiger partial charge on any atom is 0.132 e. The third-order valence-electron chi connectivity index (χ3n) is 8.89. The fourth-order valence-electron chi connectivity index (χ4n) is 7.89. The number of hydrogen-bond acceptors (Lipinski definition) is 3. The monoisotopic (exact) mass is 422 g/mol. The summed E-state index contributed by atoms with van der Waals surface area (Å²) in [6.07, 6.45) is 11.7. The molecule has 3 aliphatic carbocycles. The summed E-state index contributed by atoms with van der Waals surface area (Å²) >= 11 is 0. The summed E-state index contributed by atoms with van der Waals surface area (Å²) in [6.45, 7) is 9.40. The molecule has 2 atom stereocenters. The zero-order valence-electron chi connectivity index (χ0n) is 19.6. The number of hydrogen-bond donors (Lipinski definition) is 2. The van der Waals surface area contributed by atoms with Crippen molar-refractivity contribution in [1.82, 2.24) is 9.88 Å². The van der Waals surface area contributed by atoms with E-state index in [2.05, 4.69) is 55.9 Å². The van der Waals surface area contributed by atoms with Crippen LogP contribution in [0, 0.1) is 17.8 Å². The third-order valence-corrected chi connectivity index (χ3v) is 8.89. The number of aromatic nitrogens is 1. The predicted molar refractivity (Wildman–Crippen MR) is 124 cm³/mol. The molecular weight excluding hydrogens is 384 g/mol. The minimum atomic E-state index is -0.361. The van der Waals surface area contributed by atoms with Gasteiger partial charge in [-0.1, -0.05) is 26.8 Å². The van der Waals surface area contributed by atoms with Crippen LogP contribution in [0.2, 0.25) is 0 Å². The average Bonchev–Trinajstić information content (AvgIpc) is 3.37. The maximum absolute atomic E-state index is 11.5. The second-order valence-electron chi connectivity index (χ2n) is 12.2. The van der Waals surface area contributed by atoms with Gasteiger partial charge in [-0.2, -0.15) is 0 Å². The zero-order valence-corrected chi connectivity index (χ0v) is 19.6. The Morgan fingerprint density at radius 2 is 1.77 bits per heavy atom. The quantitative estimate of drug-likeness (QED) is 0.612. The van der Waals surface area contributed by atoms with Crippen molar-refractivity contribution in [3.05, 3.63) is 29.5 Å². The number of piperidine rings is 2. The summed E-state index contributed by atoms with van der Waals surface area (Å²) in [6, 6.07) is 5.43. The van der Waals surface area contributed by atoms with Gasteiger partial charge in [0.1, 0.15) is 12.0 Å². The molecule has 31 heavy (non-hydrogen) atoms. The van der Waals surface area contributed by atoms with Crippen LogP contribution in [0.4, 0.5) is 0 Å². The van der Waals surface area contributed by atoms with Gasteiger partial charge in [0.15, 0.2) is 0 Å². The largest absolute Gasteiger partial charge is 0.489 e. The van der Waals surface area contributed by atoms with Crippen LogP contribution in [0.15, 0.2) is 18.3 Å². The first kappa shape index (κ1) is 20.1. The van der Waals surface area contributed by atoms with Crippen LogP contribution < -0.4 is 4.74 Å². The van der Waals surface area contributed by atoms with Gasteiger partial charge in [0.05, 0.1) is 6.10 Å². The van der Waals surface area contributed by atoms with Crippen molar-refractivity contribution >= 4 is 10.9 Å². The van der Waals surface area contributed by atoms with Gasteiger partial charge in [0, 0.05) is 29.2 Å². The van der Waals surface area contributed by atoms with Gasteiger partial charge in [-0.05, 0) is 92.2 Å². The van der Waals surface area contributed by atoms with E-state index in [1.165, 1.54) is 61.5 Å². The SMILES string of the molecule is Cc1ccc2[nH]cc(C(C)CC(O)N3C4CC5(C)CC3CC(C)(C4)C5)c2c1OC1CC1. The molecule has 2 unspecified atom stereocenters. The summed E-state index contributed by atoms with van der Waals surface area (Å²) in [7, 11) is 0. The van der Waals surface area contributed by atoms with E-state index in [0.717, 1.165) is 17.7 Å². The van der Waals surface area contributed by atoms with Crippen molar-refractivity contribution in [2.24, 2.45) is 10.8 Å². The summed E-state index contributed by atoms with van der Waals surface area (Å²) in [4.78, 5) is 5.98. The third kappa shape index (κ3) is 3.33. The Morgan fingerprint density at radius 1 is 1.13 bits per heavy atom. The Hall–Kier alpha value is -1.52. The van der Waals surface area contributed by atoms with Crippen molar-refractivity contribution in [2.75, 3.05) is 0 Å². The molecule has 2 N–H and O–H groups in total. The lowest BCUT2D eigenvalue weighted by Crippen LogP contribution is -2.66. The second-order valence-corrected chi connectivity index (χ2v) is 12.2. The van der Waals surface area contributed by atoms with E-state index in [-0.39, 0.29) is 12.1 Å². The van der Waals surface area contributed by atoms with E-state index in [9.17, 15) is 5.11 Å². The van der Waals surface area contributed by atoms with Crippen molar-refractivity contribution in [3.8, 4) is 5.75 Å². The highest BCUT2D eigenvalue weighted by atomic mass is 16.5. The Morgan fingerprint density at radius 3 is 2.39 bits per heavy atom. The molecule has 0 amide bonds. The highest BCUT2D eigenvalue weighted by Gasteiger charge is 2.58. The van der Waals surface area contributed by atoms with Crippen LogP contribution in [0.1, 0.15) is 89.2 Å². The summed E-state index contributed by atoms with van der Waals surface area (Å²) < 4.78 is 6.35. The lowest BCUT2D eigenvalue weighted by molar-refractivity contribution is -0.191.